The highest BCUT2D eigenvalue weighted by atomic mass is 79.9. The van der Waals surface area contributed by atoms with Crippen LogP contribution in [0.4, 0.5) is 5.69 Å². The summed E-state index contributed by atoms with van der Waals surface area (Å²) >= 11 is 3.34. The van der Waals surface area contributed by atoms with Gasteiger partial charge < -0.3 is 15.0 Å². The number of halogens is 1. The Kier molecular flexibility index (Phi) is 7.92. The van der Waals surface area contributed by atoms with E-state index < -0.39 is 0 Å². The monoisotopic (exact) mass is 360 g/mol. The van der Waals surface area contributed by atoms with Crippen molar-refractivity contribution in [1.29, 1.82) is 0 Å². The molecule has 7 heteroatoms. The van der Waals surface area contributed by atoms with Crippen LogP contribution in [0, 0.1) is 0 Å². The van der Waals surface area contributed by atoms with E-state index in [-0.39, 0.29) is 5.56 Å². The highest BCUT2D eigenvalue weighted by Crippen LogP contribution is 2.15. The zero-order valence-electron chi connectivity index (χ0n) is 13.2. The molecule has 0 unspecified atom stereocenters. The van der Waals surface area contributed by atoms with Gasteiger partial charge in [-0.25, -0.2) is 4.68 Å². The molecule has 0 aliphatic rings. The maximum atomic E-state index is 12.1. The molecule has 0 saturated carbocycles. The molecule has 0 amide bonds. The predicted molar refractivity (Wildman–Crippen MR) is 88.9 cm³/mol. The van der Waals surface area contributed by atoms with Gasteiger partial charge in [-0.2, -0.15) is 5.10 Å². The molecule has 0 atom stereocenters. The lowest BCUT2D eigenvalue weighted by molar-refractivity contribution is 0.181. The van der Waals surface area contributed by atoms with Crippen molar-refractivity contribution in [3.05, 3.63) is 21.0 Å². The molecule has 1 N–H and O–H groups in total. The molecule has 1 rings (SSSR count). The number of methoxy groups -OCH3 is 1. The fraction of sp³-hybridized carbons (Fsp3) is 0.714. The Bertz CT molecular complexity index is 490. The molecule has 21 heavy (non-hydrogen) atoms. The van der Waals surface area contributed by atoms with Crippen LogP contribution in [0.5, 0.6) is 0 Å². The Morgan fingerprint density at radius 1 is 1.52 bits per heavy atom. The van der Waals surface area contributed by atoms with Crippen molar-refractivity contribution in [1.82, 2.24) is 14.7 Å². The Morgan fingerprint density at radius 2 is 2.24 bits per heavy atom. The molecule has 1 heterocycles. The normalized spacial score (nSPS) is 11.4. The first-order valence-corrected chi connectivity index (χ1v) is 7.95. The van der Waals surface area contributed by atoms with E-state index in [1.807, 2.05) is 0 Å². The second kappa shape index (κ2) is 9.17. The van der Waals surface area contributed by atoms with Crippen LogP contribution in [0.15, 0.2) is 15.5 Å². The van der Waals surface area contributed by atoms with Gasteiger partial charge in [0.25, 0.3) is 5.56 Å². The van der Waals surface area contributed by atoms with Gasteiger partial charge in [0.05, 0.1) is 25.0 Å². The van der Waals surface area contributed by atoms with Gasteiger partial charge >= 0.3 is 0 Å². The fourth-order valence-electron chi connectivity index (χ4n) is 1.74. The lowest BCUT2D eigenvalue weighted by Gasteiger charge is -2.20. The van der Waals surface area contributed by atoms with Crippen molar-refractivity contribution in [2.45, 2.75) is 32.9 Å². The minimum absolute atomic E-state index is 0.142. The summed E-state index contributed by atoms with van der Waals surface area (Å²) in [6, 6.07) is 0.545. The number of anilines is 1. The number of nitrogens with zero attached hydrogens (tertiary/aromatic N) is 3. The van der Waals surface area contributed by atoms with E-state index in [1.165, 1.54) is 4.68 Å². The molecule has 0 aromatic carbocycles. The Labute approximate surface area is 134 Å². The minimum Gasteiger partial charge on any atom is -0.383 e. The van der Waals surface area contributed by atoms with Crippen molar-refractivity contribution >= 4 is 21.6 Å². The summed E-state index contributed by atoms with van der Waals surface area (Å²) in [6.45, 7) is 7.09. The molecule has 1 aromatic rings. The second-order valence-electron chi connectivity index (χ2n) is 5.25. The van der Waals surface area contributed by atoms with Gasteiger partial charge in [0, 0.05) is 19.7 Å². The van der Waals surface area contributed by atoms with Crippen molar-refractivity contribution < 1.29 is 4.74 Å². The lowest BCUT2D eigenvalue weighted by atomic mass is 10.3. The molecular formula is C14H25BrN4O2. The van der Waals surface area contributed by atoms with E-state index in [4.69, 9.17) is 4.74 Å². The SMILES string of the molecule is COCCn1ncc(NCCCN(C)C(C)C)c(Br)c1=O. The molecule has 0 saturated heterocycles. The van der Waals surface area contributed by atoms with Gasteiger partial charge in [0.15, 0.2) is 0 Å². The number of nitrogens with one attached hydrogen (secondary N) is 1. The number of hydrogen-bond donors (Lipinski definition) is 1. The van der Waals surface area contributed by atoms with Crippen LogP contribution < -0.4 is 10.9 Å². The second-order valence-corrected chi connectivity index (χ2v) is 6.04. The van der Waals surface area contributed by atoms with Gasteiger partial charge in [-0.3, -0.25) is 4.79 Å². The van der Waals surface area contributed by atoms with Crippen LogP contribution >= 0.6 is 15.9 Å². The molecule has 0 spiro atoms. The highest BCUT2D eigenvalue weighted by Gasteiger charge is 2.08. The van der Waals surface area contributed by atoms with Crippen molar-refractivity contribution in [3.8, 4) is 0 Å². The van der Waals surface area contributed by atoms with Crippen LogP contribution in [-0.2, 0) is 11.3 Å². The lowest BCUT2D eigenvalue weighted by Crippen LogP contribution is -2.29. The first-order valence-electron chi connectivity index (χ1n) is 7.16. The highest BCUT2D eigenvalue weighted by molar-refractivity contribution is 9.10. The van der Waals surface area contributed by atoms with Crippen LogP contribution in [0.3, 0.4) is 0 Å². The third-order valence-corrected chi connectivity index (χ3v) is 4.14. The van der Waals surface area contributed by atoms with Crippen LogP contribution in [0.25, 0.3) is 0 Å². The molecule has 0 bridgehead atoms. The van der Waals surface area contributed by atoms with Crippen LogP contribution in [0.2, 0.25) is 0 Å². The minimum atomic E-state index is -0.142. The smallest absolute Gasteiger partial charge is 0.283 e. The van der Waals surface area contributed by atoms with Gasteiger partial charge in [-0.1, -0.05) is 0 Å². The van der Waals surface area contributed by atoms with Crippen molar-refractivity contribution in [3.63, 3.8) is 0 Å². The largest absolute Gasteiger partial charge is 0.383 e. The predicted octanol–water partition coefficient (Wildman–Crippen LogP) is 1.79. The summed E-state index contributed by atoms with van der Waals surface area (Å²) in [5, 5.41) is 7.39. The molecular weight excluding hydrogens is 336 g/mol. The van der Waals surface area contributed by atoms with Gasteiger partial charge in [-0.05, 0) is 49.8 Å². The van der Waals surface area contributed by atoms with E-state index in [0.29, 0.717) is 23.7 Å². The van der Waals surface area contributed by atoms with E-state index in [2.05, 4.69) is 52.1 Å². The number of ether oxygens (including phenoxy) is 1. The van der Waals surface area contributed by atoms with Gasteiger partial charge in [0.2, 0.25) is 0 Å². The zero-order valence-corrected chi connectivity index (χ0v) is 14.8. The molecule has 0 fully saturated rings. The third-order valence-electron chi connectivity index (χ3n) is 3.38. The molecule has 0 radical (unpaired) electrons. The summed E-state index contributed by atoms with van der Waals surface area (Å²) in [4.78, 5) is 14.4. The summed E-state index contributed by atoms with van der Waals surface area (Å²) < 4.78 is 6.87. The Hall–Kier alpha value is -0.920. The maximum Gasteiger partial charge on any atom is 0.283 e. The van der Waals surface area contributed by atoms with E-state index in [9.17, 15) is 4.79 Å². The van der Waals surface area contributed by atoms with Crippen molar-refractivity contribution in [2.75, 3.05) is 39.2 Å². The average Bonchev–Trinajstić information content (AvgIpc) is 2.46. The van der Waals surface area contributed by atoms with Crippen LogP contribution in [-0.4, -0.2) is 54.6 Å². The zero-order chi connectivity index (χ0) is 15.8. The third kappa shape index (κ3) is 5.76. The van der Waals surface area contributed by atoms with E-state index >= 15 is 0 Å². The first-order chi connectivity index (χ1) is 9.97. The van der Waals surface area contributed by atoms with E-state index in [0.717, 1.165) is 25.2 Å². The Morgan fingerprint density at radius 3 is 2.86 bits per heavy atom. The standard InChI is InChI=1S/C14H25BrN4O2/c1-11(2)18(3)7-5-6-16-12-10-17-19(8-9-21-4)14(20)13(12)15/h10-11,16H,5-9H2,1-4H3. The quantitative estimate of drug-likeness (QED) is 0.680. The summed E-state index contributed by atoms with van der Waals surface area (Å²) in [7, 11) is 3.71. The fourth-order valence-corrected chi connectivity index (χ4v) is 2.18. The topological polar surface area (TPSA) is 59.4 Å². The van der Waals surface area contributed by atoms with E-state index in [1.54, 1.807) is 13.3 Å². The first kappa shape index (κ1) is 18.1. The Balaban J connectivity index is 2.53. The summed E-state index contributed by atoms with van der Waals surface area (Å²) in [5.74, 6) is 0. The van der Waals surface area contributed by atoms with Crippen molar-refractivity contribution in [2.24, 2.45) is 0 Å². The molecule has 0 aliphatic carbocycles. The average molecular weight is 361 g/mol. The molecule has 120 valence electrons. The van der Waals surface area contributed by atoms with Crippen LogP contribution in [0.1, 0.15) is 20.3 Å². The number of rotatable bonds is 9. The van der Waals surface area contributed by atoms with Gasteiger partial charge in [-0.15, -0.1) is 0 Å². The molecule has 1 aromatic heterocycles. The summed E-state index contributed by atoms with van der Waals surface area (Å²) in [6.07, 6.45) is 2.68. The molecule has 6 nitrogen and oxygen atoms in total. The molecule has 0 aliphatic heterocycles. The summed E-state index contributed by atoms with van der Waals surface area (Å²) in [5.41, 5.74) is 0.595. The number of aromatic nitrogens is 2. The number of hydrogen-bond acceptors (Lipinski definition) is 5. The maximum absolute atomic E-state index is 12.1. The van der Waals surface area contributed by atoms with Gasteiger partial charge in [0.1, 0.15) is 4.47 Å².